The second kappa shape index (κ2) is 7.49. The van der Waals surface area contributed by atoms with Gasteiger partial charge in [-0.15, -0.1) is 0 Å². The maximum Gasteiger partial charge on any atom is 0.333 e. The molecule has 0 saturated carbocycles. The standard InChI is InChI=1S/C8H14O2.C8H8/c1-6(2)7(9)10-8(3,4)5;1-2-8-6-4-3-5-7-8/h1H2,2-5H3;2-7H,1H2. The van der Waals surface area contributed by atoms with Crippen molar-refractivity contribution in [2.75, 3.05) is 0 Å². The van der Waals surface area contributed by atoms with E-state index in [4.69, 9.17) is 4.74 Å². The second-order valence-corrected chi connectivity index (χ2v) is 4.90. The van der Waals surface area contributed by atoms with E-state index in [0.717, 1.165) is 0 Å². The van der Waals surface area contributed by atoms with Gasteiger partial charge >= 0.3 is 5.97 Å². The maximum absolute atomic E-state index is 10.8. The molecule has 0 aromatic heterocycles. The monoisotopic (exact) mass is 246 g/mol. The van der Waals surface area contributed by atoms with Crippen LogP contribution in [0.5, 0.6) is 0 Å². The number of hydrogen-bond donors (Lipinski definition) is 0. The Balaban J connectivity index is 0.000000327. The summed E-state index contributed by atoms with van der Waals surface area (Å²) in [6.07, 6.45) is 1.83. The third-order valence-electron chi connectivity index (χ3n) is 1.78. The molecule has 0 unspecified atom stereocenters. The third-order valence-corrected chi connectivity index (χ3v) is 1.78. The topological polar surface area (TPSA) is 26.3 Å². The molecule has 0 N–H and O–H groups in total. The van der Waals surface area contributed by atoms with Gasteiger partial charge in [0.25, 0.3) is 0 Å². The third kappa shape index (κ3) is 8.34. The van der Waals surface area contributed by atoms with Crippen LogP contribution in [-0.2, 0) is 9.53 Å². The number of carbonyl (C=O) groups excluding carboxylic acids is 1. The van der Waals surface area contributed by atoms with E-state index in [2.05, 4.69) is 13.2 Å². The zero-order valence-electron chi connectivity index (χ0n) is 11.7. The van der Waals surface area contributed by atoms with E-state index in [0.29, 0.717) is 5.57 Å². The lowest BCUT2D eigenvalue weighted by atomic mass is 10.2. The minimum absolute atomic E-state index is 0.326. The largest absolute Gasteiger partial charge is 0.457 e. The van der Waals surface area contributed by atoms with Crippen LogP contribution in [0.1, 0.15) is 33.3 Å². The molecule has 1 rings (SSSR count). The van der Waals surface area contributed by atoms with Gasteiger partial charge in [-0.05, 0) is 33.3 Å². The molecule has 0 heterocycles. The fourth-order valence-corrected chi connectivity index (χ4v) is 0.954. The van der Waals surface area contributed by atoms with Crippen molar-refractivity contribution in [3.05, 3.63) is 54.6 Å². The summed E-state index contributed by atoms with van der Waals surface area (Å²) in [5, 5.41) is 0. The van der Waals surface area contributed by atoms with Crippen molar-refractivity contribution >= 4 is 12.0 Å². The van der Waals surface area contributed by atoms with Crippen LogP contribution < -0.4 is 0 Å². The summed E-state index contributed by atoms with van der Waals surface area (Å²) in [6.45, 7) is 14.2. The molecule has 18 heavy (non-hydrogen) atoms. The van der Waals surface area contributed by atoms with Crippen molar-refractivity contribution in [2.24, 2.45) is 0 Å². The Bertz CT molecular complexity index is 397. The van der Waals surface area contributed by atoms with E-state index >= 15 is 0 Å². The molecule has 0 spiro atoms. The molecular formula is C16H22O2. The van der Waals surface area contributed by atoms with Gasteiger partial charge < -0.3 is 4.74 Å². The van der Waals surface area contributed by atoms with Gasteiger partial charge in [0.1, 0.15) is 5.60 Å². The molecule has 0 atom stereocenters. The zero-order chi connectivity index (χ0) is 14.2. The van der Waals surface area contributed by atoms with Crippen LogP contribution in [0.25, 0.3) is 6.08 Å². The number of carbonyl (C=O) groups is 1. The summed E-state index contributed by atoms with van der Waals surface area (Å²) in [7, 11) is 0. The van der Waals surface area contributed by atoms with E-state index < -0.39 is 5.60 Å². The van der Waals surface area contributed by atoms with Crippen molar-refractivity contribution in [2.45, 2.75) is 33.3 Å². The van der Waals surface area contributed by atoms with Crippen LogP contribution in [0.4, 0.5) is 0 Å². The molecule has 0 radical (unpaired) electrons. The number of rotatable bonds is 2. The Labute approximate surface area is 110 Å². The Hall–Kier alpha value is -1.83. The van der Waals surface area contributed by atoms with E-state index in [1.165, 1.54) is 5.56 Å². The average molecular weight is 246 g/mol. The van der Waals surface area contributed by atoms with E-state index in [1.54, 1.807) is 6.92 Å². The molecule has 0 aliphatic heterocycles. The molecule has 0 amide bonds. The molecular weight excluding hydrogens is 224 g/mol. The zero-order valence-corrected chi connectivity index (χ0v) is 11.7. The Morgan fingerprint density at radius 3 is 1.94 bits per heavy atom. The molecule has 2 heteroatoms. The number of hydrogen-bond acceptors (Lipinski definition) is 2. The lowest BCUT2D eigenvalue weighted by Gasteiger charge is -2.19. The molecule has 1 aromatic rings. The predicted molar refractivity (Wildman–Crippen MR) is 77.2 cm³/mol. The van der Waals surface area contributed by atoms with Crippen molar-refractivity contribution in [1.29, 1.82) is 0 Å². The van der Waals surface area contributed by atoms with Crippen molar-refractivity contribution in [3.8, 4) is 0 Å². The normalized spacial score (nSPS) is 9.78. The molecule has 0 saturated heterocycles. The number of esters is 1. The highest BCUT2D eigenvalue weighted by Gasteiger charge is 2.15. The first-order valence-electron chi connectivity index (χ1n) is 5.82. The molecule has 0 bridgehead atoms. The maximum atomic E-state index is 10.8. The lowest BCUT2D eigenvalue weighted by molar-refractivity contribution is -0.149. The summed E-state index contributed by atoms with van der Waals surface area (Å²) in [4.78, 5) is 10.8. The van der Waals surface area contributed by atoms with Gasteiger partial charge in [-0.2, -0.15) is 0 Å². The fourth-order valence-electron chi connectivity index (χ4n) is 0.954. The highest BCUT2D eigenvalue weighted by Crippen LogP contribution is 2.09. The Morgan fingerprint density at radius 2 is 1.72 bits per heavy atom. The van der Waals surface area contributed by atoms with E-state index in [-0.39, 0.29) is 5.97 Å². The van der Waals surface area contributed by atoms with Crippen molar-refractivity contribution in [1.82, 2.24) is 0 Å². The minimum atomic E-state index is -0.407. The van der Waals surface area contributed by atoms with Gasteiger partial charge in [0.2, 0.25) is 0 Å². The first-order valence-corrected chi connectivity index (χ1v) is 5.82. The number of ether oxygens (including phenoxy) is 1. The summed E-state index contributed by atoms with van der Waals surface area (Å²) in [5.41, 5.74) is 1.21. The molecule has 2 nitrogen and oxygen atoms in total. The number of benzene rings is 1. The van der Waals surface area contributed by atoms with Gasteiger partial charge in [0.05, 0.1) is 0 Å². The van der Waals surface area contributed by atoms with Crippen LogP contribution >= 0.6 is 0 Å². The van der Waals surface area contributed by atoms with Gasteiger partial charge in [0.15, 0.2) is 0 Å². The second-order valence-electron chi connectivity index (χ2n) is 4.90. The molecule has 0 aliphatic carbocycles. The summed E-state index contributed by atoms with van der Waals surface area (Å²) in [5.74, 6) is -0.326. The van der Waals surface area contributed by atoms with Crippen LogP contribution in [-0.4, -0.2) is 11.6 Å². The van der Waals surface area contributed by atoms with Gasteiger partial charge in [-0.3, -0.25) is 0 Å². The van der Waals surface area contributed by atoms with Crippen molar-refractivity contribution in [3.63, 3.8) is 0 Å². The van der Waals surface area contributed by atoms with Crippen LogP contribution in [0.3, 0.4) is 0 Å². The van der Waals surface area contributed by atoms with Crippen LogP contribution in [0.15, 0.2) is 49.1 Å². The summed E-state index contributed by atoms with van der Waals surface area (Å²) < 4.78 is 4.96. The van der Waals surface area contributed by atoms with Crippen LogP contribution in [0.2, 0.25) is 0 Å². The first kappa shape index (κ1) is 16.2. The first-order chi connectivity index (χ1) is 8.26. The molecule has 0 fully saturated rings. The highest BCUT2D eigenvalue weighted by atomic mass is 16.6. The minimum Gasteiger partial charge on any atom is -0.457 e. The Morgan fingerprint density at radius 1 is 1.22 bits per heavy atom. The smallest absolute Gasteiger partial charge is 0.333 e. The van der Waals surface area contributed by atoms with Gasteiger partial charge in [0, 0.05) is 5.57 Å². The Kier molecular flexibility index (Phi) is 6.73. The van der Waals surface area contributed by atoms with Crippen LogP contribution in [0, 0.1) is 0 Å². The van der Waals surface area contributed by atoms with E-state index in [1.807, 2.05) is 57.2 Å². The molecule has 1 aromatic carbocycles. The lowest BCUT2D eigenvalue weighted by Crippen LogP contribution is -2.23. The summed E-state index contributed by atoms with van der Waals surface area (Å²) >= 11 is 0. The molecule has 0 aliphatic rings. The predicted octanol–water partition coefficient (Wildman–Crippen LogP) is 4.23. The quantitative estimate of drug-likeness (QED) is 0.576. The summed E-state index contributed by atoms with van der Waals surface area (Å²) in [6, 6.07) is 10.0. The fraction of sp³-hybridized carbons (Fsp3) is 0.312. The van der Waals surface area contributed by atoms with Gasteiger partial charge in [-0.25, -0.2) is 4.79 Å². The SMILES string of the molecule is C=C(C)C(=O)OC(C)(C)C.C=Cc1ccccc1. The average Bonchev–Trinajstić information content (AvgIpc) is 2.28. The van der Waals surface area contributed by atoms with E-state index in [9.17, 15) is 4.79 Å². The van der Waals surface area contributed by atoms with Crippen molar-refractivity contribution < 1.29 is 9.53 Å². The highest BCUT2D eigenvalue weighted by molar-refractivity contribution is 5.87. The molecule has 98 valence electrons. The van der Waals surface area contributed by atoms with Gasteiger partial charge in [-0.1, -0.05) is 49.6 Å².